The maximum absolute atomic E-state index is 13.7. The summed E-state index contributed by atoms with van der Waals surface area (Å²) in [4.78, 5) is 39.2. The molecular weight excluding hydrogens is 456 g/mol. The number of carbonyl (C=O) groups is 3. The maximum Gasteiger partial charge on any atom is 0.314 e. The second-order valence-electron chi connectivity index (χ2n) is 12.5. The molecule has 0 aromatic rings. The average Bonchev–Trinajstić information content (AvgIpc) is 2.83. The van der Waals surface area contributed by atoms with Crippen molar-refractivity contribution in [3.05, 3.63) is 57.4 Å². The molecule has 0 aromatic heterocycles. The number of aliphatic hydroxyl groups excluding tert-OH is 2. The first-order valence-corrected chi connectivity index (χ1v) is 12.8. The van der Waals surface area contributed by atoms with E-state index in [1.54, 1.807) is 19.9 Å². The molecule has 36 heavy (non-hydrogen) atoms. The molecule has 0 heterocycles. The van der Waals surface area contributed by atoms with Crippen molar-refractivity contribution in [1.82, 2.24) is 0 Å². The molecule has 0 radical (unpaired) electrons. The van der Waals surface area contributed by atoms with Crippen molar-refractivity contribution in [2.45, 2.75) is 73.3 Å². The second-order valence-corrected chi connectivity index (χ2v) is 12.5. The van der Waals surface area contributed by atoms with Crippen LogP contribution in [0.15, 0.2) is 57.4 Å². The van der Waals surface area contributed by atoms with E-state index in [1.807, 2.05) is 13.0 Å². The van der Waals surface area contributed by atoms with Gasteiger partial charge in [0.25, 0.3) is 0 Å². The Labute approximate surface area is 212 Å². The summed E-state index contributed by atoms with van der Waals surface area (Å²) >= 11 is 0. The molecule has 5 aliphatic rings. The van der Waals surface area contributed by atoms with Crippen LogP contribution in [0, 0.1) is 27.6 Å². The maximum atomic E-state index is 13.7. The number of methoxy groups -OCH3 is 1. The molecule has 2 fully saturated rings. The molecule has 6 atom stereocenters. The predicted molar refractivity (Wildman–Crippen MR) is 135 cm³/mol. The number of fused-ring (bicyclic) bond motifs is 7. The van der Waals surface area contributed by atoms with E-state index in [2.05, 4.69) is 26.8 Å². The number of rotatable bonds is 1. The standard InChI is InChI=1S/C30H36O6/c1-15-13-29(5)21(14-30(6,26(35)36-7)25(34)24(29)33)28(4)11-10-27(3)18(22(15)28)9-8-17-16(2)23(32)20(31)12-19(17)27/h8-9,12,21,25,32,34H,10-11,13-14H2,1-7H3/t21-,25+,27-,28+,29+,30+/m0/s1. The Morgan fingerprint density at radius 3 is 2.33 bits per heavy atom. The summed E-state index contributed by atoms with van der Waals surface area (Å²) in [6, 6.07) is 0. The number of allylic oxidation sites excluding steroid dienone is 9. The molecule has 5 rings (SSSR count). The van der Waals surface area contributed by atoms with E-state index in [4.69, 9.17) is 4.74 Å². The number of aliphatic hydroxyl groups is 2. The van der Waals surface area contributed by atoms with Crippen LogP contribution in [0.2, 0.25) is 0 Å². The van der Waals surface area contributed by atoms with Gasteiger partial charge < -0.3 is 14.9 Å². The Morgan fingerprint density at radius 1 is 1.03 bits per heavy atom. The molecule has 6 nitrogen and oxygen atoms in total. The highest BCUT2D eigenvalue weighted by Crippen LogP contribution is 2.70. The Morgan fingerprint density at radius 2 is 1.69 bits per heavy atom. The number of carbonyl (C=O) groups excluding carboxylic acids is 3. The van der Waals surface area contributed by atoms with E-state index in [9.17, 15) is 24.6 Å². The van der Waals surface area contributed by atoms with Crippen LogP contribution >= 0.6 is 0 Å². The number of esters is 1. The predicted octanol–water partition coefficient (Wildman–Crippen LogP) is 4.86. The van der Waals surface area contributed by atoms with Crippen LogP contribution in [0.25, 0.3) is 0 Å². The third-order valence-electron chi connectivity index (χ3n) is 10.4. The number of ether oxygens (including phenoxy) is 1. The van der Waals surface area contributed by atoms with Gasteiger partial charge >= 0.3 is 5.97 Å². The van der Waals surface area contributed by atoms with Crippen molar-refractivity contribution in [1.29, 1.82) is 0 Å². The molecule has 0 unspecified atom stereocenters. The van der Waals surface area contributed by atoms with Crippen LogP contribution in [0.4, 0.5) is 0 Å². The van der Waals surface area contributed by atoms with Crippen molar-refractivity contribution >= 4 is 17.5 Å². The van der Waals surface area contributed by atoms with Crippen LogP contribution in [-0.2, 0) is 19.1 Å². The van der Waals surface area contributed by atoms with Gasteiger partial charge in [-0.1, -0.05) is 38.5 Å². The van der Waals surface area contributed by atoms with E-state index < -0.39 is 33.7 Å². The highest BCUT2D eigenvalue weighted by molar-refractivity contribution is 6.06. The summed E-state index contributed by atoms with van der Waals surface area (Å²) in [5, 5.41) is 21.3. The molecule has 0 aromatic carbocycles. The molecule has 0 aliphatic heterocycles. The zero-order chi connectivity index (χ0) is 26.6. The Hall–Kier alpha value is -2.73. The largest absolute Gasteiger partial charge is 0.504 e. The van der Waals surface area contributed by atoms with Crippen molar-refractivity contribution < 1.29 is 29.3 Å². The molecule has 0 spiro atoms. The lowest BCUT2D eigenvalue weighted by Crippen LogP contribution is -2.64. The molecule has 2 saturated carbocycles. The summed E-state index contributed by atoms with van der Waals surface area (Å²) in [7, 11) is 1.30. The van der Waals surface area contributed by atoms with Gasteiger partial charge in [0.1, 0.15) is 6.10 Å². The van der Waals surface area contributed by atoms with Gasteiger partial charge in [-0.2, -0.15) is 0 Å². The third kappa shape index (κ3) is 2.79. The molecule has 0 saturated heterocycles. The summed E-state index contributed by atoms with van der Waals surface area (Å²) in [5.74, 6) is -1.56. The van der Waals surface area contributed by atoms with Gasteiger partial charge in [0, 0.05) is 16.4 Å². The number of ketones is 2. The van der Waals surface area contributed by atoms with Gasteiger partial charge in [0.05, 0.1) is 12.5 Å². The second kappa shape index (κ2) is 7.41. The fraction of sp³-hybridized carbons (Fsp3) is 0.567. The normalized spacial score (nSPS) is 41.9. The number of Topliss-reactive ketones (excluding diaryl/α,β-unsaturated/α-hetero) is 1. The smallest absolute Gasteiger partial charge is 0.314 e. The Kier molecular flexibility index (Phi) is 5.13. The first-order chi connectivity index (χ1) is 16.7. The minimum atomic E-state index is -1.40. The summed E-state index contributed by atoms with van der Waals surface area (Å²) < 4.78 is 5.06. The third-order valence-corrected chi connectivity index (χ3v) is 10.4. The molecule has 2 N–H and O–H groups in total. The van der Waals surface area contributed by atoms with Crippen molar-refractivity contribution in [2.24, 2.45) is 27.6 Å². The first kappa shape index (κ1) is 24.9. The highest BCUT2D eigenvalue weighted by Gasteiger charge is 2.67. The monoisotopic (exact) mass is 492 g/mol. The first-order valence-electron chi connectivity index (χ1n) is 12.8. The number of hydrogen-bond acceptors (Lipinski definition) is 6. The minimum absolute atomic E-state index is 0.160. The highest BCUT2D eigenvalue weighted by atomic mass is 16.5. The van der Waals surface area contributed by atoms with Gasteiger partial charge in [-0.3, -0.25) is 14.4 Å². The summed E-state index contributed by atoms with van der Waals surface area (Å²) in [6.45, 7) is 11.8. The molecule has 5 aliphatic carbocycles. The van der Waals surface area contributed by atoms with Crippen LogP contribution in [0.5, 0.6) is 0 Å². The quantitative estimate of drug-likeness (QED) is 0.507. The van der Waals surface area contributed by atoms with Gasteiger partial charge in [-0.15, -0.1) is 0 Å². The zero-order valence-corrected chi connectivity index (χ0v) is 22.2. The van der Waals surface area contributed by atoms with Crippen molar-refractivity contribution in [3.8, 4) is 0 Å². The van der Waals surface area contributed by atoms with Gasteiger partial charge in [0.15, 0.2) is 11.5 Å². The molecule has 0 amide bonds. The minimum Gasteiger partial charge on any atom is -0.504 e. The lowest BCUT2D eigenvalue weighted by Gasteiger charge is -2.63. The van der Waals surface area contributed by atoms with E-state index in [0.717, 1.165) is 35.1 Å². The Balaban J connectivity index is 1.70. The van der Waals surface area contributed by atoms with Gasteiger partial charge in [-0.05, 0) is 86.2 Å². The van der Waals surface area contributed by atoms with Crippen molar-refractivity contribution in [3.63, 3.8) is 0 Å². The van der Waals surface area contributed by atoms with Crippen LogP contribution in [-0.4, -0.2) is 41.0 Å². The molecular formula is C30H36O6. The van der Waals surface area contributed by atoms with E-state index in [-0.39, 0.29) is 23.2 Å². The lowest BCUT2D eigenvalue weighted by atomic mass is 9.40. The molecule has 6 heteroatoms. The van der Waals surface area contributed by atoms with Crippen LogP contribution in [0.1, 0.15) is 67.2 Å². The van der Waals surface area contributed by atoms with E-state index in [0.29, 0.717) is 18.4 Å². The SMILES string of the molecule is COC(=O)[C@]1(C)C[C@@H]2[C@@](C)(CC(C)=C3C4=CC=C5C(=CC(=O)C(O)=C5C)[C@@]4(C)CC[C@@]32C)C(=O)[C@H]1O. The fourth-order valence-electron chi connectivity index (χ4n) is 8.34. The van der Waals surface area contributed by atoms with Gasteiger partial charge in [-0.25, -0.2) is 0 Å². The molecule has 0 bridgehead atoms. The summed E-state index contributed by atoms with van der Waals surface area (Å²) in [5.41, 5.74) is 3.00. The fourth-order valence-corrected chi connectivity index (χ4v) is 8.34. The van der Waals surface area contributed by atoms with Gasteiger partial charge in [0.2, 0.25) is 5.78 Å². The molecule has 192 valence electrons. The van der Waals surface area contributed by atoms with Crippen molar-refractivity contribution in [2.75, 3.05) is 7.11 Å². The zero-order valence-electron chi connectivity index (χ0n) is 22.2. The topological polar surface area (TPSA) is 101 Å². The number of hydrogen-bond donors (Lipinski definition) is 2. The lowest BCUT2D eigenvalue weighted by molar-refractivity contribution is -0.184. The Bertz CT molecular complexity index is 1290. The van der Waals surface area contributed by atoms with E-state index >= 15 is 0 Å². The average molecular weight is 493 g/mol. The van der Waals surface area contributed by atoms with Crippen LogP contribution < -0.4 is 0 Å². The van der Waals surface area contributed by atoms with E-state index in [1.165, 1.54) is 12.7 Å². The van der Waals surface area contributed by atoms with Crippen LogP contribution in [0.3, 0.4) is 0 Å². The summed E-state index contributed by atoms with van der Waals surface area (Å²) in [6.07, 6.45) is 6.69.